The molecule has 112 valence electrons. The molecule has 5 heteroatoms. The van der Waals surface area contributed by atoms with Gasteiger partial charge in [-0.15, -0.1) is 0 Å². The number of halogens is 1. The fraction of sp³-hybridized carbons (Fsp3) is 0.600. The highest BCUT2D eigenvalue weighted by Crippen LogP contribution is 2.16. The number of likely N-dealkylation sites (N-methyl/N-ethyl adjacent to an activating group) is 1. The molecular formula is C15H23ClN2O2. The zero-order valence-corrected chi connectivity index (χ0v) is 12.8. The highest BCUT2D eigenvalue weighted by atomic mass is 35.5. The Hall–Kier alpha value is -0.810. The predicted octanol–water partition coefficient (Wildman–Crippen LogP) is 1.98. The quantitative estimate of drug-likeness (QED) is 0.719. The fourth-order valence-electron chi connectivity index (χ4n) is 2.14. The molecule has 0 atom stereocenters. The Morgan fingerprint density at radius 1 is 1.10 bits per heavy atom. The summed E-state index contributed by atoms with van der Waals surface area (Å²) in [4.78, 5) is 4.80. The number of benzene rings is 1. The lowest BCUT2D eigenvalue weighted by Gasteiger charge is -2.32. The van der Waals surface area contributed by atoms with Crippen LogP contribution in [0.15, 0.2) is 24.3 Å². The smallest absolute Gasteiger partial charge is 0.120 e. The number of rotatable bonds is 7. The number of hydrogen-bond donors (Lipinski definition) is 0. The first-order valence-corrected chi connectivity index (χ1v) is 7.49. The molecule has 0 radical (unpaired) electrons. The molecule has 0 amide bonds. The van der Waals surface area contributed by atoms with Crippen molar-refractivity contribution in [2.45, 2.75) is 0 Å². The molecule has 1 aliphatic heterocycles. The van der Waals surface area contributed by atoms with Crippen molar-refractivity contribution in [3.8, 4) is 5.75 Å². The monoisotopic (exact) mass is 298 g/mol. The standard InChI is InChI=1S/C15H23ClN2O2/c1-17-5-7-18(8-6-17)9-10-19-11-12-20-15-4-2-3-14(16)13-15/h2-4,13H,5-12H2,1H3. The van der Waals surface area contributed by atoms with Gasteiger partial charge in [0, 0.05) is 37.7 Å². The van der Waals surface area contributed by atoms with Crippen LogP contribution in [0.4, 0.5) is 0 Å². The van der Waals surface area contributed by atoms with Crippen molar-refractivity contribution in [3.05, 3.63) is 29.3 Å². The fourth-order valence-corrected chi connectivity index (χ4v) is 2.32. The molecule has 0 N–H and O–H groups in total. The minimum absolute atomic E-state index is 0.559. The minimum atomic E-state index is 0.559. The Labute approximate surface area is 126 Å². The lowest BCUT2D eigenvalue weighted by atomic mass is 10.3. The Balaban J connectivity index is 1.49. The molecule has 0 aromatic heterocycles. The van der Waals surface area contributed by atoms with Crippen molar-refractivity contribution in [2.24, 2.45) is 0 Å². The third-order valence-corrected chi connectivity index (χ3v) is 3.68. The summed E-state index contributed by atoms with van der Waals surface area (Å²) in [6.45, 7) is 7.52. The number of nitrogens with zero attached hydrogens (tertiary/aromatic N) is 2. The average molecular weight is 299 g/mol. The van der Waals surface area contributed by atoms with E-state index in [0.29, 0.717) is 18.2 Å². The van der Waals surface area contributed by atoms with Crippen LogP contribution in [0.25, 0.3) is 0 Å². The van der Waals surface area contributed by atoms with Crippen LogP contribution >= 0.6 is 11.6 Å². The lowest BCUT2D eigenvalue weighted by molar-refractivity contribution is 0.0658. The highest BCUT2D eigenvalue weighted by molar-refractivity contribution is 6.30. The van der Waals surface area contributed by atoms with Gasteiger partial charge in [-0.2, -0.15) is 0 Å². The molecule has 0 saturated carbocycles. The lowest BCUT2D eigenvalue weighted by Crippen LogP contribution is -2.45. The first kappa shape index (κ1) is 15.6. The zero-order valence-electron chi connectivity index (χ0n) is 12.1. The molecule has 4 nitrogen and oxygen atoms in total. The number of ether oxygens (including phenoxy) is 2. The maximum atomic E-state index is 5.88. The highest BCUT2D eigenvalue weighted by Gasteiger charge is 2.12. The second-order valence-corrected chi connectivity index (χ2v) is 5.50. The molecule has 0 bridgehead atoms. The summed E-state index contributed by atoms with van der Waals surface area (Å²) in [5, 5.41) is 0.693. The molecule has 0 spiro atoms. The topological polar surface area (TPSA) is 24.9 Å². The number of hydrogen-bond acceptors (Lipinski definition) is 4. The van der Waals surface area contributed by atoms with E-state index in [0.717, 1.165) is 45.1 Å². The second kappa shape index (κ2) is 8.47. The van der Waals surface area contributed by atoms with E-state index in [1.54, 1.807) is 0 Å². The summed E-state index contributed by atoms with van der Waals surface area (Å²) in [5.41, 5.74) is 0. The Bertz CT molecular complexity index is 395. The van der Waals surface area contributed by atoms with Gasteiger partial charge in [-0.25, -0.2) is 0 Å². The zero-order chi connectivity index (χ0) is 14.2. The molecule has 20 heavy (non-hydrogen) atoms. The minimum Gasteiger partial charge on any atom is -0.491 e. The van der Waals surface area contributed by atoms with Gasteiger partial charge in [0.2, 0.25) is 0 Å². The van der Waals surface area contributed by atoms with E-state index in [2.05, 4.69) is 16.8 Å². The third-order valence-electron chi connectivity index (χ3n) is 3.44. The van der Waals surface area contributed by atoms with Crippen LogP contribution in [-0.2, 0) is 4.74 Å². The van der Waals surface area contributed by atoms with Crippen molar-refractivity contribution in [1.29, 1.82) is 0 Å². The summed E-state index contributed by atoms with van der Waals surface area (Å²) in [6, 6.07) is 7.43. The SMILES string of the molecule is CN1CCN(CCOCCOc2cccc(Cl)c2)CC1. The van der Waals surface area contributed by atoms with E-state index in [-0.39, 0.29) is 0 Å². The van der Waals surface area contributed by atoms with Crippen molar-refractivity contribution in [1.82, 2.24) is 9.80 Å². The second-order valence-electron chi connectivity index (χ2n) is 5.06. The Kier molecular flexibility index (Phi) is 6.60. The molecule has 2 rings (SSSR count). The van der Waals surface area contributed by atoms with E-state index in [4.69, 9.17) is 21.1 Å². The largest absolute Gasteiger partial charge is 0.491 e. The van der Waals surface area contributed by atoms with E-state index in [9.17, 15) is 0 Å². The molecule has 0 unspecified atom stereocenters. The molecule has 1 aliphatic rings. The van der Waals surface area contributed by atoms with Gasteiger partial charge in [0.25, 0.3) is 0 Å². The van der Waals surface area contributed by atoms with Crippen molar-refractivity contribution < 1.29 is 9.47 Å². The van der Waals surface area contributed by atoms with Gasteiger partial charge >= 0.3 is 0 Å². The summed E-state index contributed by atoms with van der Waals surface area (Å²) in [5.74, 6) is 0.792. The summed E-state index contributed by atoms with van der Waals surface area (Å²) >= 11 is 5.88. The van der Waals surface area contributed by atoms with Gasteiger partial charge in [-0.3, -0.25) is 4.90 Å². The van der Waals surface area contributed by atoms with Gasteiger partial charge in [-0.1, -0.05) is 17.7 Å². The van der Waals surface area contributed by atoms with E-state index in [1.807, 2.05) is 24.3 Å². The van der Waals surface area contributed by atoms with E-state index < -0.39 is 0 Å². The van der Waals surface area contributed by atoms with Crippen LogP contribution in [0.3, 0.4) is 0 Å². The molecule has 1 heterocycles. The van der Waals surface area contributed by atoms with Crippen molar-refractivity contribution in [3.63, 3.8) is 0 Å². The van der Waals surface area contributed by atoms with E-state index in [1.165, 1.54) is 0 Å². The Morgan fingerprint density at radius 2 is 1.90 bits per heavy atom. The number of piperazine rings is 1. The molecular weight excluding hydrogens is 276 g/mol. The van der Waals surface area contributed by atoms with Gasteiger partial charge in [0.05, 0.1) is 13.2 Å². The summed E-state index contributed by atoms with van der Waals surface area (Å²) in [6.07, 6.45) is 0. The van der Waals surface area contributed by atoms with Crippen molar-refractivity contribution >= 4 is 11.6 Å². The average Bonchev–Trinajstić information content (AvgIpc) is 2.45. The van der Waals surface area contributed by atoms with Crippen LogP contribution in [0.5, 0.6) is 5.75 Å². The maximum Gasteiger partial charge on any atom is 0.120 e. The molecule has 1 fully saturated rings. The van der Waals surface area contributed by atoms with Crippen LogP contribution in [0.2, 0.25) is 5.02 Å². The van der Waals surface area contributed by atoms with Crippen LogP contribution in [0.1, 0.15) is 0 Å². The van der Waals surface area contributed by atoms with E-state index >= 15 is 0 Å². The van der Waals surface area contributed by atoms with Crippen molar-refractivity contribution in [2.75, 3.05) is 59.6 Å². The Morgan fingerprint density at radius 3 is 2.65 bits per heavy atom. The third kappa shape index (κ3) is 5.67. The summed E-state index contributed by atoms with van der Waals surface area (Å²) in [7, 11) is 2.17. The molecule has 0 aliphatic carbocycles. The van der Waals surface area contributed by atoms with Crippen LogP contribution in [-0.4, -0.2) is 69.4 Å². The first-order chi connectivity index (χ1) is 9.74. The molecule has 1 aromatic carbocycles. The van der Waals surface area contributed by atoms with Crippen LogP contribution < -0.4 is 4.74 Å². The predicted molar refractivity (Wildman–Crippen MR) is 81.7 cm³/mol. The van der Waals surface area contributed by atoms with Gasteiger partial charge in [0.1, 0.15) is 12.4 Å². The van der Waals surface area contributed by atoms with Crippen LogP contribution in [0, 0.1) is 0 Å². The maximum absolute atomic E-state index is 5.88. The first-order valence-electron chi connectivity index (χ1n) is 7.11. The normalized spacial score (nSPS) is 17.3. The molecule has 1 aromatic rings. The molecule has 1 saturated heterocycles. The van der Waals surface area contributed by atoms with Gasteiger partial charge in [-0.05, 0) is 25.2 Å². The van der Waals surface area contributed by atoms with Gasteiger partial charge in [0.15, 0.2) is 0 Å². The van der Waals surface area contributed by atoms with Gasteiger partial charge < -0.3 is 14.4 Å². The summed E-state index contributed by atoms with van der Waals surface area (Å²) < 4.78 is 11.2.